The van der Waals surface area contributed by atoms with Crippen molar-refractivity contribution >= 4 is 6.03 Å². The minimum Gasteiger partial charge on any atom is -0.395 e. The number of amides is 2. The average molecular weight is 319 g/mol. The monoisotopic (exact) mass is 319 g/mol. The summed E-state index contributed by atoms with van der Waals surface area (Å²) in [6.07, 6.45) is 1.87. The number of nitrogens with zero attached hydrogens (tertiary/aromatic N) is 2. The van der Waals surface area contributed by atoms with Crippen molar-refractivity contribution in [2.75, 3.05) is 26.2 Å². The predicted octanol–water partition coefficient (Wildman–Crippen LogP) is 2.06. The first-order valence-corrected chi connectivity index (χ1v) is 8.58. The molecule has 5 nitrogen and oxygen atoms in total. The van der Waals surface area contributed by atoms with Gasteiger partial charge in [0.1, 0.15) is 0 Å². The largest absolute Gasteiger partial charge is 0.395 e. The summed E-state index contributed by atoms with van der Waals surface area (Å²) in [4.78, 5) is 16.6. The maximum absolute atomic E-state index is 12.4. The molecule has 1 heterocycles. The van der Waals surface area contributed by atoms with Crippen molar-refractivity contribution < 1.29 is 9.90 Å². The van der Waals surface area contributed by atoms with E-state index in [9.17, 15) is 4.79 Å². The van der Waals surface area contributed by atoms with E-state index in [1.54, 1.807) is 4.90 Å². The molecule has 5 heteroatoms. The first-order chi connectivity index (χ1) is 11.1. The number of aliphatic hydroxyl groups is 1. The molecule has 0 aliphatic carbocycles. The van der Waals surface area contributed by atoms with Crippen LogP contribution in [-0.2, 0) is 6.54 Å². The van der Waals surface area contributed by atoms with E-state index in [1.165, 1.54) is 5.56 Å². The van der Waals surface area contributed by atoms with Gasteiger partial charge in [0.15, 0.2) is 0 Å². The number of carbonyl (C=O) groups excluding carboxylic acids is 1. The lowest BCUT2D eigenvalue weighted by atomic mass is 10.2. The minimum absolute atomic E-state index is 0.00254. The predicted molar refractivity (Wildman–Crippen MR) is 92.2 cm³/mol. The Kier molecular flexibility index (Phi) is 6.86. The van der Waals surface area contributed by atoms with E-state index < -0.39 is 0 Å². The third kappa shape index (κ3) is 5.22. The minimum atomic E-state index is -0.0556. The Labute approximate surface area is 139 Å². The number of benzene rings is 1. The molecule has 2 rings (SSSR count). The highest BCUT2D eigenvalue weighted by atomic mass is 16.3. The number of rotatable bonds is 7. The first-order valence-electron chi connectivity index (χ1n) is 8.58. The summed E-state index contributed by atoms with van der Waals surface area (Å²) in [6, 6.07) is 10.7. The second-order valence-electron chi connectivity index (χ2n) is 6.33. The van der Waals surface area contributed by atoms with Crippen LogP contribution in [0.1, 0.15) is 32.3 Å². The van der Waals surface area contributed by atoms with Gasteiger partial charge in [0.05, 0.1) is 6.61 Å². The van der Waals surface area contributed by atoms with Crippen molar-refractivity contribution in [3.8, 4) is 0 Å². The second-order valence-corrected chi connectivity index (χ2v) is 6.33. The molecule has 0 unspecified atom stereocenters. The van der Waals surface area contributed by atoms with Crippen LogP contribution >= 0.6 is 0 Å². The third-order valence-corrected chi connectivity index (χ3v) is 4.57. The van der Waals surface area contributed by atoms with Crippen LogP contribution in [0.2, 0.25) is 0 Å². The first kappa shape index (κ1) is 17.8. The highest BCUT2D eigenvalue weighted by Gasteiger charge is 2.26. The lowest BCUT2D eigenvalue weighted by Gasteiger charge is -2.29. The fourth-order valence-electron chi connectivity index (χ4n) is 3.04. The smallest absolute Gasteiger partial charge is 0.317 e. The van der Waals surface area contributed by atoms with Gasteiger partial charge in [-0.25, -0.2) is 4.79 Å². The highest BCUT2D eigenvalue weighted by Crippen LogP contribution is 2.14. The molecule has 2 amide bonds. The van der Waals surface area contributed by atoms with Gasteiger partial charge in [-0.15, -0.1) is 0 Å². The zero-order chi connectivity index (χ0) is 16.7. The lowest BCUT2D eigenvalue weighted by Crippen LogP contribution is -2.50. The molecule has 0 spiro atoms. The Morgan fingerprint density at radius 3 is 2.83 bits per heavy atom. The van der Waals surface area contributed by atoms with Crippen LogP contribution < -0.4 is 5.32 Å². The zero-order valence-electron chi connectivity index (χ0n) is 14.2. The van der Waals surface area contributed by atoms with Gasteiger partial charge in [0, 0.05) is 38.3 Å². The summed E-state index contributed by atoms with van der Waals surface area (Å²) in [7, 11) is 0. The Balaban J connectivity index is 1.83. The summed E-state index contributed by atoms with van der Waals surface area (Å²) in [5.41, 5.74) is 1.31. The number of urea groups is 1. The van der Waals surface area contributed by atoms with Crippen LogP contribution in [0.25, 0.3) is 0 Å². The van der Waals surface area contributed by atoms with Gasteiger partial charge in [-0.05, 0) is 25.3 Å². The summed E-state index contributed by atoms with van der Waals surface area (Å²) in [5, 5.41) is 12.3. The van der Waals surface area contributed by atoms with Gasteiger partial charge in [-0.3, -0.25) is 4.90 Å². The van der Waals surface area contributed by atoms with Crippen LogP contribution in [0.3, 0.4) is 0 Å². The average Bonchev–Trinajstić information content (AvgIpc) is 2.99. The van der Waals surface area contributed by atoms with Crippen LogP contribution in [0.15, 0.2) is 30.3 Å². The maximum Gasteiger partial charge on any atom is 0.317 e. The van der Waals surface area contributed by atoms with Crippen LogP contribution in [0.5, 0.6) is 0 Å². The number of likely N-dealkylation sites (tertiary alicyclic amines) is 1. The second kappa shape index (κ2) is 8.89. The fourth-order valence-corrected chi connectivity index (χ4v) is 3.04. The SMILES string of the molecule is CC[C@H](C)N(CCO)C(=O)N[C@@H]1CCN(Cc2ccccc2)C1. The molecule has 0 radical (unpaired) electrons. The molecule has 0 bridgehead atoms. The molecule has 1 saturated heterocycles. The molecule has 1 aliphatic rings. The van der Waals surface area contributed by atoms with E-state index in [0.29, 0.717) is 6.54 Å². The van der Waals surface area contributed by atoms with Crippen LogP contribution in [0.4, 0.5) is 4.79 Å². The Bertz CT molecular complexity index is 480. The Hall–Kier alpha value is -1.59. The van der Waals surface area contributed by atoms with Gasteiger partial charge in [0.25, 0.3) is 0 Å². The molecule has 128 valence electrons. The number of aliphatic hydroxyl groups excluding tert-OH is 1. The van der Waals surface area contributed by atoms with E-state index in [2.05, 4.69) is 41.4 Å². The van der Waals surface area contributed by atoms with E-state index >= 15 is 0 Å². The van der Waals surface area contributed by atoms with E-state index in [0.717, 1.165) is 32.5 Å². The van der Waals surface area contributed by atoms with Crippen molar-refractivity contribution in [3.63, 3.8) is 0 Å². The molecule has 2 N–H and O–H groups in total. The van der Waals surface area contributed by atoms with E-state index in [4.69, 9.17) is 5.11 Å². The molecular weight excluding hydrogens is 290 g/mol. The van der Waals surface area contributed by atoms with Gasteiger partial charge in [-0.2, -0.15) is 0 Å². The van der Waals surface area contributed by atoms with Crippen molar-refractivity contribution in [1.29, 1.82) is 0 Å². The Morgan fingerprint density at radius 2 is 2.17 bits per heavy atom. The topological polar surface area (TPSA) is 55.8 Å². The van der Waals surface area contributed by atoms with E-state index in [1.807, 2.05) is 13.0 Å². The number of hydrogen-bond acceptors (Lipinski definition) is 3. The molecule has 1 aromatic rings. The fraction of sp³-hybridized carbons (Fsp3) is 0.611. The van der Waals surface area contributed by atoms with Gasteiger partial charge >= 0.3 is 6.03 Å². The lowest BCUT2D eigenvalue weighted by molar-refractivity contribution is 0.152. The molecule has 23 heavy (non-hydrogen) atoms. The third-order valence-electron chi connectivity index (χ3n) is 4.57. The summed E-state index contributed by atoms with van der Waals surface area (Å²) in [5.74, 6) is 0. The quantitative estimate of drug-likeness (QED) is 0.809. The van der Waals surface area contributed by atoms with Gasteiger partial charge < -0.3 is 15.3 Å². The molecule has 0 saturated carbocycles. The van der Waals surface area contributed by atoms with Crippen molar-refractivity contribution in [1.82, 2.24) is 15.1 Å². The van der Waals surface area contributed by atoms with Crippen molar-refractivity contribution in [2.45, 2.75) is 45.3 Å². The molecule has 1 aromatic carbocycles. The van der Waals surface area contributed by atoms with E-state index in [-0.39, 0.29) is 24.7 Å². The van der Waals surface area contributed by atoms with Crippen LogP contribution in [0, 0.1) is 0 Å². The van der Waals surface area contributed by atoms with Crippen molar-refractivity contribution in [3.05, 3.63) is 35.9 Å². The number of nitrogens with one attached hydrogen (secondary N) is 1. The Morgan fingerprint density at radius 1 is 1.43 bits per heavy atom. The molecule has 1 fully saturated rings. The highest BCUT2D eigenvalue weighted by molar-refractivity contribution is 5.75. The van der Waals surface area contributed by atoms with Crippen LogP contribution in [-0.4, -0.2) is 59.3 Å². The maximum atomic E-state index is 12.4. The summed E-state index contributed by atoms with van der Waals surface area (Å²) < 4.78 is 0. The molecule has 1 aliphatic heterocycles. The molecule has 0 aromatic heterocycles. The van der Waals surface area contributed by atoms with Crippen molar-refractivity contribution in [2.24, 2.45) is 0 Å². The standard InChI is InChI=1S/C18H29N3O2/c1-3-15(2)21(11-12-22)18(23)19-17-9-10-20(14-17)13-16-7-5-4-6-8-16/h4-8,15,17,22H,3,9-14H2,1-2H3,(H,19,23)/t15-,17+/m0/s1. The number of hydrogen-bond donors (Lipinski definition) is 2. The number of carbonyl (C=O) groups is 1. The summed E-state index contributed by atoms with van der Waals surface area (Å²) >= 11 is 0. The molecular formula is C18H29N3O2. The van der Waals surface area contributed by atoms with Gasteiger partial charge in [0.2, 0.25) is 0 Å². The molecule has 2 atom stereocenters. The zero-order valence-corrected chi connectivity index (χ0v) is 14.2. The van der Waals surface area contributed by atoms with Gasteiger partial charge in [-0.1, -0.05) is 37.3 Å². The summed E-state index contributed by atoms with van der Waals surface area (Å²) in [6.45, 7) is 7.28. The normalized spacial score (nSPS) is 19.5.